The third kappa shape index (κ3) is 2.98. The zero-order valence-electron chi connectivity index (χ0n) is 18.2. The minimum atomic E-state index is 0.711. The smallest absolute Gasteiger partial charge is 0.0601 e. The van der Waals surface area contributed by atoms with Gasteiger partial charge in [0.25, 0.3) is 0 Å². The van der Waals surface area contributed by atoms with Gasteiger partial charge in [-0.3, -0.25) is 0 Å². The van der Waals surface area contributed by atoms with Gasteiger partial charge in [0.1, 0.15) is 0 Å². The van der Waals surface area contributed by atoms with E-state index in [1.165, 1.54) is 43.0 Å². The van der Waals surface area contributed by atoms with E-state index >= 15 is 0 Å². The Bertz CT molecular complexity index is 1620. The second-order valence-corrected chi connectivity index (χ2v) is 9.93. The molecule has 0 radical (unpaired) electrons. The van der Waals surface area contributed by atoms with Crippen molar-refractivity contribution in [3.8, 4) is 5.69 Å². The van der Waals surface area contributed by atoms with E-state index in [4.69, 9.17) is 11.6 Å². The van der Waals surface area contributed by atoms with Crippen molar-refractivity contribution in [1.82, 2.24) is 4.57 Å². The maximum Gasteiger partial charge on any atom is 0.0601 e. The Labute approximate surface area is 207 Å². The van der Waals surface area contributed by atoms with Gasteiger partial charge in [-0.25, -0.2) is 0 Å². The first kappa shape index (κ1) is 19.8. The molecule has 34 heavy (non-hydrogen) atoms. The van der Waals surface area contributed by atoms with E-state index in [-0.39, 0.29) is 0 Å². The maximum absolute atomic E-state index is 6.80. The van der Waals surface area contributed by atoms with E-state index in [0.29, 0.717) is 5.02 Å². The number of benzene rings is 5. The third-order valence-electron chi connectivity index (χ3n) is 6.40. The van der Waals surface area contributed by atoms with Crippen molar-refractivity contribution in [2.75, 3.05) is 4.90 Å². The monoisotopic (exact) mass is 474 g/mol. The minimum Gasteiger partial charge on any atom is -0.309 e. The predicted molar refractivity (Wildman–Crippen MR) is 145 cm³/mol. The van der Waals surface area contributed by atoms with Crippen molar-refractivity contribution >= 4 is 62.2 Å². The number of rotatable bonds is 2. The van der Waals surface area contributed by atoms with Crippen LogP contribution < -0.4 is 4.90 Å². The number of aromatic nitrogens is 1. The lowest BCUT2D eigenvalue weighted by atomic mass is 10.1. The molecule has 0 spiro atoms. The van der Waals surface area contributed by atoms with Crippen molar-refractivity contribution in [3.63, 3.8) is 0 Å². The van der Waals surface area contributed by atoms with E-state index in [2.05, 4.69) is 125 Å². The standard InChI is InChI=1S/C30H19ClN2S/c31-20-17-21(32-25-11-3-1-9-23(25)24-10-2-4-12-26(24)32)19-22(18-20)33-27-13-5-7-15-29(27)34-30-16-8-6-14-28(30)33/h1-19H. The van der Waals surface area contributed by atoms with E-state index < -0.39 is 0 Å². The first-order valence-electron chi connectivity index (χ1n) is 11.2. The molecular formula is C30H19ClN2S. The van der Waals surface area contributed by atoms with Crippen LogP contribution in [0, 0.1) is 0 Å². The van der Waals surface area contributed by atoms with E-state index in [0.717, 1.165) is 11.4 Å². The molecule has 1 aliphatic heterocycles. The molecule has 0 N–H and O–H groups in total. The van der Waals surface area contributed by atoms with Crippen LogP contribution in [0.5, 0.6) is 0 Å². The fourth-order valence-corrected chi connectivity index (χ4v) is 6.28. The zero-order chi connectivity index (χ0) is 22.6. The highest BCUT2D eigenvalue weighted by molar-refractivity contribution is 7.99. The first-order chi connectivity index (χ1) is 16.8. The molecule has 0 bridgehead atoms. The summed E-state index contributed by atoms with van der Waals surface area (Å²) >= 11 is 8.61. The quantitative estimate of drug-likeness (QED) is 0.246. The van der Waals surface area contributed by atoms with Gasteiger partial charge in [-0.2, -0.15) is 0 Å². The zero-order valence-corrected chi connectivity index (χ0v) is 19.7. The molecule has 0 aliphatic carbocycles. The van der Waals surface area contributed by atoms with Gasteiger partial charge in [0.2, 0.25) is 0 Å². The van der Waals surface area contributed by atoms with Gasteiger partial charge in [-0.05, 0) is 54.6 Å². The molecule has 1 aromatic heterocycles. The normalized spacial score (nSPS) is 12.7. The Balaban J connectivity index is 1.51. The molecule has 2 heterocycles. The molecular weight excluding hydrogens is 456 g/mol. The summed E-state index contributed by atoms with van der Waals surface area (Å²) in [4.78, 5) is 4.80. The van der Waals surface area contributed by atoms with E-state index in [1.54, 1.807) is 0 Å². The Morgan fingerprint density at radius 1 is 0.529 bits per heavy atom. The summed E-state index contributed by atoms with van der Waals surface area (Å²) in [6.07, 6.45) is 0. The molecule has 0 fully saturated rings. The van der Waals surface area contributed by atoms with Crippen LogP contribution in [0.15, 0.2) is 125 Å². The number of halogens is 1. The number of para-hydroxylation sites is 4. The Morgan fingerprint density at radius 2 is 1.03 bits per heavy atom. The molecule has 0 unspecified atom stereocenters. The second kappa shape index (κ2) is 7.69. The number of anilines is 3. The van der Waals surface area contributed by atoms with Crippen molar-refractivity contribution in [2.24, 2.45) is 0 Å². The average molecular weight is 475 g/mol. The van der Waals surface area contributed by atoms with Crippen LogP contribution in [0.25, 0.3) is 27.5 Å². The van der Waals surface area contributed by atoms with Crippen LogP contribution in [-0.4, -0.2) is 4.57 Å². The van der Waals surface area contributed by atoms with Crippen molar-refractivity contribution in [1.29, 1.82) is 0 Å². The van der Waals surface area contributed by atoms with E-state index in [1.807, 2.05) is 11.8 Å². The molecule has 162 valence electrons. The van der Waals surface area contributed by atoms with Crippen LogP contribution >= 0.6 is 23.4 Å². The Hall–Kier alpha value is -3.66. The van der Waals surface area contributed by atoms with Gasteiger partial charge < -0.3 is 9.47 Å². The second-order valence-electron chi connectivity index (χ2n) is 8.41. The fraction of sp³-hybridized carbons (Fsp3) is 0. The number of hydrogen-bond donors (Lipinski definition) is 0. The van der Waals surface area contributed by atoms with Gasteiger partial charge in [0.05, 0.1) is 22.4 Å². The molecule has 2 nitrogen and oxygen atoms in total. The number of nitrogens with zero attached hydrogens (tertiary/aromatic N) is 2. The molecule has 0 saturated heterocycles. The average Bonchev–Trinajstić information content (AvgIpc) is 3.21. The lowest BCUT2D eigenvalue weighted by Gasteiger charge is -2.33. The fourth-order valence-electron chi connectivity index (χ4n) is 5.00. The molecule has 7 rings (SSSR count). The summed E-state index contributed by atoms with van der Waals surface area (Å²) in [5.74, 6) is 0. The summed E-state index contributed by atoms with van der Waals surface area (Å²) in [6, 6.07) is 40.6. The van der Waals surface area contributed by atoms with Crippen LogP contribution in [-0.2, 0) is 0 Å². The van der Waals surface area contributed by atoms with Crippen molar-refractivity contribution < 1.29 is 0 Å². The molecule has 0 amide bonds. The van der Waals surface area contributed by atoms with Gasteiger partial charge in [-0.1, -0.05) is 84.0 Å². The molecule has 0 saturated carbocycles. The summed E-state index contributed by atoms with van der Waals surface area (Å²) in [6.45, 7) is 0. The predicted octanol–water partition coefficient (Wildman–Crippen LogP) is 9.37. The van der Waals surface area contributed by atoms with Crippen LogP contribution in [0.1, 0.15) is 0 Å². The lowest BCUT2D eigenvalue weighted by molar-refractivity contribution is 1.14. The highest BCUT2D eigenvalue weighted by Crippen LogP contribution is 2.51. The minimum absolute atomic E-state index is 0.711. The van der Waals surface area contributed by atoms with E-state index in [9.17, 15) is 0 Å². The molecule has 5 aromatic carbocycles. The first-order valence-corrected chi connectivity index (χ1v) is 12.4. The largest absolute Gasteiger partial charge is 0.309 e. The summed E-state index contributed by atoms with van der Waals surface area (Å²) in [7, 11) is 0. The van der Waals surface area contributed by atoms with Crippen LogP contribution in [0.2, 0.25) is 5.02 Å². The summed E-state index contributed by atoms with van der Waals surface area (Å²) < 4.78 is 2.32. The van der Waals surface area contributed by atoms with Gasteiger partial charge in [0, 0.05) is 37.0 Å². The third-order valence-corrected chi connectivity index (χ3v) is 7.74. The Kier molecular flexibility index (Phi) is 4.48. The molecule has 0 atom stereocenters. The van der Waals surface area contributed by atoms with Gasteiger partial charge >= 0.3 is 0 Å². The van der Waals surface area contributed by atoms with Gasteiger partial charge in [0.15, 0.2) is 0 Å². The maximum atomic E-state index is 6.80. The molecule has 4 heteroatoms. The molecule has 1 aliphatic rings. The lowest BCUT2D eigenvalue weighted by Crippen LogP contribution is -2.15. The number of fused-ring (bicyclic) bond motifs is 5. The SMILES string of the molecule is Clc1cc(N2c3ccccc3Sc3ccccc32)cc(-n2c3ccccc3c3ccccc32)c1. The Morgan fingerprint density at radius 3 is 1.65 bits per heavy atom. The van der Waals surface area contributed by atoms with Crippen LogP contribution in [0.4, 0.5) is 17.1 Å². The van der Waals surface area contributed by atoms with Gasteiger partial charge in [-0.15, -0.1) is 0 Å². The van der Waals surface area contributed by atoms with Crippen molar-refractivity contribution in [3.05, 3.63) is 120 Å². The summed E-state index contributed by atoms with van der Waals surface area (Å²) in [5, 5.41) is 3.19. The molecule has 6 aromatic rings. The highest BCUT2D eigenvalue weighted by atomic mass is 35.5. The van der Waals surface area contributed by atoms with Crippen molar-refractivity contribution in [2.45, 2.75) is 9.79 Å². The number of hydrogen-bond acceptors (Lipinski definition) is 2. The van der Waals surface area contributed by atoms with Crippen LogP contribution in [0.3, 0.4) is 0 Å². The highest BCUT2D eigenvalue weighted by Gasteiger charge is 2.25. The topological polar surface area (TPSA) is 8.17 Å². The summed E-state index contributed by atoms with van der Waals surface area (Å²) in [5.41, 5.74) is 6.78.